The summed E-state index contributed by atoms with van der Waals surface area (Å²) in [7, 11) is 0. The number of carboxylic acids is 1. The van der Waals surface area contributed by atoms with Crippen molar-refractivity contribution in [3.8, 4) is 0 Å². The van der Waals surface area contributed by atoms with Gasteiger partial charge >= 0.3 is 5.97 Å². The summed E-state index contributed by atoms with van der Waals surface area (Å²) in [6, 6.07) is 7.33. The highest BCUT2D eigenvalue weighted by Gasteiger charge is 2.23. The maximum atomic E-state index is 11.1. The molecular weight excluding hydrogens is 270 g/mol. The third-order valence-electron chi connectivity index (χ3n) is 3.70. The van der Waals surface area contributed by atoms with Crippen molar-refractivity contribution in [3.63, 3.8) is 0 Å². The molecule has 3 N–H and O–H groups in total. The average Bonchev–Trinajstić information content (AvgIpc) is 2.47. The van der Waals surface area contributed by atoms with E-state index in [1.165, 1.54) is 0 Å². The van der Waals surface area contributed by atoms with Gasteiger partial charge in [-0.15, -0.1) is 0 Å². The Bertz CT molecular complexity index is 481. The predicted octanol–water partition coefficient (Wildman–Crippen LogP) is 0.881. The van der Waals surface area contributed by atoms with Gasteiger partial charge in [0.2, 0.25) is 0 Å². The topological polar surface area (TPSA) is 79.0 Å². The second-order valence-corrected chi connectivity index (χ2v) is 5.22. The van der Waals surface area contributed by atoms with E-state index in [2.05, 4.69) is 11.8 Å². The van der Waals surface area contributed by atoms with Gasteiger partial charge in [-0.1, -0.05) is 19.1 Å². The molecule has 0 saturated carbocycles. The molecule has 1 heterocycles. The molecule has 1 aliphatic rings. The Kier molecular flexibility index (Phi) is 5.41. The average molecular weight is 293 g/mol. The number of nitrogen functional groups attached to an aromatic ring is 1. The number of hydrogen-bond acceptors (Lipinski definition) is 5. The number of para-hydroxylation sites is 2. The predicted molar refractivity (Wildman–Crippen MR) is 82.6 cm³/mol. The van der Waals surface area contributed by atoms with E-state index in [4.69, 9.17) is 15.6 Å². The normalized spacial score (nSPS) is 19.4. The van der Waals surface area contributed by atoms with Crippen molar-refractivity contribution in [2.45, 2.75) is 13.0 Å². The molecule has 1 unspecified atom stereocenters. The van der Waals surface area contributed by atoms with Crippen LogP contribution in [0.2, 0.25) is 0 Å². The van der Waals surface area contributed by atoms with Gasteiger partial charge in [-0.25, -0.2) is 0 Å². The van der Waals surface area contributed by atoms with E-state index in [0.29, 0.717) is 18.8 Å². The standard InChI is InChI=1S/C15H23N3O3/c1-2-17-7-8-21-12(9-17)10-18(11-15(19)20)14-6-4-3-5-13(14)16/h3-6,12H,2,7-11,16H2,1H3,(H,19,20). The summed E-state index contributed by atoms with van der Waals surface area (Å²) in [6.45, 7) is 5.97. The molecule has 0 aromatic heterocycles. The number of carboxylic acid groups (broad SMARTS) is 1. The number of anilines is 2. The number of rotatable bonds is 6. The molecule has 6 heteroatoms. The van der Waals surface area contributed by atoms with Crippen LogP contribution in [0.4, 0.5) is 11.4 Å². The molecule has 0 bridgehead atoms. The second kappa shape index (κ2) is 7.28. The van der Waals surface area contributed by atoms with Gasteiger partial charge in [0.1, 0.15) is 6.54 Å². The van der Waals surface area contributed by atoms with Crippen LogP contribution >= 0.6 is 0 Å². The maximum Gasteiger partial charge on any atom is 0.323 e. The highest BCUT2D eigenvalue weighted by atomic mass is 16.5. The van der Waals surface area contributed by atoms with Gasteiger partial charge in [0.25, 0.3) is 0 Å². The van der Waals surface area contributed by atoms with Crippen molar-refractivity contribution in [1.82, 2.24) is 4.90 Å². The zero-order valence-corrected chi connectivity index (χ0v) is 12.4. The summed E-state index contributed by atoms with van der Waals surface area (Å²) in [5.74, 6) is -0.874. The number of aliphatic carboxylic acids is 1. The smallest absolute Gasteiger partial charge is 0.323 e. The van der Waals surface area contributed by atoms with E-state index in [0.717, 1.165) is 25.3 Å². The number of nitrogens with zero attached hydrogens (tertiary/aromatic N) is 2. The van der Waals surface area contributed by atoms with E-state index >= 15 is 0 Å². The summed E-state index contributed by atoms with van der Waals surface area (Å²) < 4.78 is 5.77. The number of hydrogen-bond donors (Lipinski definition) is 2. The number of morpholine rings is 1. The molecule has 116 valence electrons. The molecule has 1 atom stereocenters. The molecule has 2 rings (SSSR count). The Labute approximate surface area is 125 Å². The van der Waals surface area contributed by atoms with Crippen LogP contribution in [0.1, 0.15) is 6.92 Å². The summed E-state index contributed by atoms with van der Waals surface area (Å²) in [6.07, 6.45) is -0.00217. The van der Waals surface area contributed by atoms with Gasteiger partial charge in [-0.05, 0) is 18.7 Å². The minimum Gasteiger partial charge on any atom is -0.480 e. The first-order valence-electron chi connectivity index (χ1n) is 7.25. The molecule has 1 aliphatic heterocycles. The van der Waals surface area contributed by atoms with Crippen LogP contribution in [-0.2, 0) is 9.53 Å². The fraction of sp³-hybridized carbons (Fsp3) is 0.533. The Morgan fingerprint density at radius 1 is 1.52 bits per heavy atom. The Hall–Kier alpha value is -1.79. The van der Waals surface area contributed by atoms with Crippen LogP contribution in [0.15, 0.2) is 24.3 Å². The molecular formula is C15H23N3O3. The largest absolute Gasteiger partial charge is 0.480 e. The van der Waals surface area contributed by atoms with Gasteiger partial charge in [0.15, 0.2) is 0 Å². The molecule has 0 amide bonds. The third kappa shape index (κ3) is 4.34. The van der Waals surface area contributed by atoms with E-state index in [9.17, 15) is 4.79 Å². The van der Waals surface area contributed by atoms with Crippen LogP contribution in [0.25, 0.3) is 0 Å². The van der Waals surface area contributed by atoms with E-state index in [1.54, 1.807) is 11.0 Å². The first kappa shape index (κ1) is 15.6. The lowest BCUT2D eigenvalue weighted by Crippen LogP contribution is -2.48. The first-order valence-corrected chi connectivity index (χ1v) is 7.25. The highest BCUT2D eigenvalue weighted by molar-refractivity contribution is 5.77. The van der Waals surface area contributed by atoms with Crippen LogP contribution in [-0.4, -0.2) is 61.4 Å². The van der Waals surface area contributed by atoms with Crippen LogP contribution < -0.4 is 10.6 Å². The minimum atomic E-state index is -0.874. The van der Waals surface area contributed by atoms with Gasteiger partial charge in [-0.2, -0.15) is 0 Å². The second-order valence-electron chi connectivity index (χ2n) is 5.22. The maximum absolute atomic E-state index is 11.1. The lowest BCUT2D eigenvalue weighted by atomic mass is 10.2. The van der Waals surface area contributed by atoms with Gasteiger partial charge < -0.3 is 20.5 Å². The number of carbonyl (C=O) groups is 1. The van der Waals surface area contributed by atoms with E-state index in [1.807, 2.05) is 18.2 Å². The van der Waals surface area contributed by atoms with Crippen molar-refractivity contribution in [3.05, 3.63) is 24.3 Å². The molecule has 0 radical (unpaired) electrons. The molecule has 0 spiro atoms. The fourth-order valence-electron chi connectivity index (χ4n) is 2.61. The quantitative estimate of drug-likeness (QED) is 0.758. The minimum absolute atomic E-state index is 0.00217. The third-order valence-corrected chi connectivity index (χ3v) is 3.70. The van der Waals surface area contributed by atoms with Gasteiger partial charge in [0.05, 0.1) is 24.1 Å². The van der Waals surface area contributed by atoms with Crippen LogP contribution in [0, 0.1) is 0 Å². The Morgan fingerprint density at radius 3 is 2.95 bits per heavy atom. The SMILES string of the molecule is CCN1CCOC(CN(CC(=O)O)c2ccccc2N)C1. The van der Waals surface area contributed by atoms with Crippen LogP contribution in [0.3, 0.4) is 0 Å². The molecule has 21 heavy (non-hydrogen) atoms. The molecule has 6 nitrogen and oxygen atoms in total. The van der Waals surface area contributed by atoms with Crippen molar-refractivity contribution < 1.29 is 14.6 Å². The fourth-order valence-corrected chi connectivity index (χ4v) is 2.61. The lowest BCUT2D eigenvalue weighted by molar-refractivity contribution is -0.135. The van der Waals surface area contributed by atoms with Crippen LogP contribution in [0.5, 0.6) is 0 Å². The van der Waals surface area contributed by atoms with Gasteiger partial charge in [-0.3, -0.25) is 9.69 Å². The first-order chi connectivity index (χ1) is 10.1. The summed E-state index contributed by atoms with van der Waals surface area (Å²) in [4.78, 5) is 15.2. The zero-order valence-electron chi connectivity index (χ0n) is 12.4. The molecule has 0 aliphatic carbocycles. The molecule has 1 aromatic carbocycles. The molecule has 1 saturated heterocycles. The number of benzene rings is 1. The van der Waals surface area contributed by atoms with E-state index in [-0.39, 0.29) is 12.6 Å². The molecule has 1 aromatic rings. The number of ether oxygens (including phenoxy) is 1. The number of likely N-dealkylation sites (N-methyl/N-ethyl adjacent to an activating group) is 1. The summed E-state index contributed by atoms with van der Waals surface area (Å²) in [5, 5.41) is 9.13. The van der Waals surface area contributed by atoms with Crippen molar-refractivity contribution >= 4 is 17.3 Å². The summed E-state index contributed by atoms with van der Waals surface area (Å²) >= 11 is 0. The van der Waals surface area contributed by atoms with Crippen molar-refractivity contribution in [2.24, 2.45) is 0 Å². The monoisotopic (exact) mass is 293 g/mol. The molecule has 1 fully saturated rings. The van der Waals surface area contributed by atoms with Crippen molar-refractivity contribution in [2.75, 3.05) is 50.0 Å². The highest BCUT2D eigenvalue weighted by Crippen LogP contribution is 2.23. The number of nitrogens with two attached hydrogens (primary N) is 1. The summed E-state index contributed by atoms with van der Waals surface area (Å²) in [5.41, 5.74) is 7.30. The zero-order chi connectivity index (χ0) is 15.2. The lowest BCUT2D eigenvalue weighted by Gasteiger charge is -2.35. The van der Waals surface area contributed by atoms with E-state index < -0.39 is 5.97 Å². The van der Waals surface area contributed by atoms with Gasteiger partial charge in [0, 0.05) is 19.6 Å². The Morgan fingerprint density at radius 2 is 2.29 bits per heavy atom. The van der Waals surface area contributed by atoms with Crippen molar-refractivity contribution in [1.29, 1.82) is 0 Å². The Balaban J connectivity index is 2.09.